The van der Waals surface area contributed by atoms with E-state index in [0.717, 1.165) is 21.3 Å². The minimum Gasteiger partial charge on any atom is -0.351 e. The summed E-state index contributed by atoms with van der Waals surface area (Å²) >= 11 is 3.44. The van der Waals surface area contributed by atoms with Crippen LogP contribution in [-0.2, 0) is 0 Å². The molecule has 1 N–H and O–H groups in total. The molecule has 0 aliphatic carbocycles. The molecule has 1 aromatic heterocycles. The Hall–Kier alpha value is -1.62. The van der Waals surface area contributed by atoms with Crippen LogP contribution in [0.4, 0.5) is 5.69 Å². The van der Waals surface area contributed by atoms with Crippen molar-refractivity contribution >= 4 is 27.5 Å². The van der Waals surface area contributed by atoms with Crippen molar-refractivity contribution in [2.45, 2.75) is 20.8 Å². The molecule has 5 heteroatoms. The summed E-state index contributed by atoms with van der Waals surface area (Å²) in [6, 6.07) is 5.56. The number of aromatic nitrogens is 1. The average molecular weight is 309 g/mol. The van der Waals surface area contributed by atoms with Crippen LogP contribution in [0.5, 0.6) is 0 Å². The second-order valence-corrected chi connectivity index (χ2v) is 5.08. The lowest BCUT2D eigenvalue weighted by Crippen LogP contribution is -2.12. The number of halogens is 1. The lowest BCUT2D eigenvalue weighted by molar-refractivity contribution is 0.0987. The van der Waals surface area contributed by atoms with Gasteiger partial charge in [0.15, 0.2) is 0 Å². The Morgan fingerprint density at radius 3 is 2.56 bits per heavy atom. The van der Waals surface area contributed by atoms with E-state index in [1.807, 2.05) is 26.0 Å². The number of anilines is 1. The highest BCUT2D eigenvalue weighted by Gasteiger charge is 2.14. The van der Waals surface area contributed by atoms with Crippen LogP contribution in [0.1, 0.15) is 27.4 Å². The number of nitrogens with one attached hydrogen (secondary N) is 1. The summed E-state index contributed by atoms with van der Waals surface area (Å²) in [4.78, 5) is 12.0. The molecule has 0 radical (unpaired) electrons. The summed E-state index contributed by atoms with van der Waals surface area (Å²) in [5, 5.41) is 6.51. The van der Waals surface area contributed by atoms with Crippen molar-refractivity contribution in [3.63, 3.8) is 0 Å². The highest BCUT2D eigenvalue weighted by molar-refractivity contribution is 9.10. The second kappa shape index (κ2) is 4.94. The van der Waals surface area contributed by atoms with Crippen LogP contribution in [-0.4, -0.2) is 11.1 Å². The van der Waals surface area contributed by atoms with E-state index in [0.29, 0.717) is 5.69 Å². The van der Waals surface area contributed by atoms with Crippen molar-refractivity contribution < 1.29 is 9.32 Å². The Morgan fingerprint density at radius 2 is 2.00 bits per heavy atom. The van der Waals surface area contributed by atoms with Gasteiger partial charge in [0.05, 0.1) is 11.4 Å². The first kappa shape index (κ1) is 12.8. The molecule has 0 aliphatic rings. The molecular formula is C13H13BrN2O2. The maximum atomic E-state index is 12.0. The molecule has 2 aromatic rings. The molecule has 1 heterocycles. The molecular weight excluding hydrogens is 296 g/mol. The smallest absolute Gasteiger partial charge is 0.294 e. The van der Waals surface area contributed by atoms with Gasteiger partial charge in [0.25, 0.3) is 5.91 Å². The zero-order chi connectivity index (χ0) is 13.3. The molecule has 0 saturated heterocycles. The van der Waals surface area contributed by atoms with E-state index in [9.17, 15) is 4.79 Å². The van der Waals surface area contributed by atoms with Gasteiger partial charge in [-0.2, -0.15) is 0 Å². The van der Waals surface area contributed by atoms with E-state index in [1.165, 1.54) is 0 Å². The van der Waals surface area contributed by atoms with Gasteiger partial charge in [-0.25, -0.2) is 0 Å². The third-order valence-corrected chi connectivity index (χ3v) is 3.15. The molecule has 94 valence electrons. The molecule has 1 aromatic carbocycles. The first-order valence-corrected chi connectivity index (χ1v) is 6.28. The van der Waals surface area contributed by atoms with Crippen LogP contribution in [0.25, 0.3) is 0 Å². The van der Waals surface area contributed by atoms with Crippen molar-refractivity contribution in [3.05, 3.63) is 45.3 Å². The number of hydrogen-bond donors (Lipinski definition) is 1. The van der Waals surface area contributed by atoms with Gasteiger partial charge in [-0.3, -0.25) is 4.79 Å². The van der Waals surface area contributed by atoms with E-state index in [1.54, 1.807) is 13.0 Å². The third-order valence-electron chi connectivity index (χ3n) is 2.52. The van der Waals surface area contributed by atoms with Crippen LogP contribution in [0.2, 0.25) is 0 Å². The van der Waals surface area contributed by atoms with Gasteiger partial charge in [0.2, 0.25) is 5.76 Å². The average Bonchev–Trinajstić information content (AvgIpc) is 2.70. The van der Waals surface area contributed by atoms with E-state index in [-0.39, 0.29) is 11.7 Å². The number of nitrogens with zero attached hydrogens (tertiary/aromatic N) is 1. The predicted molar refractivity (Wildman–Crippen MR) is 72.8 cm³/mol. The molecule has 1 amide bonds. The number of carbonyl (C=O) groups excluding carboxylic acids is 1. The zero-order valence-corrected chi connectivity index (χ0v) is 12.0. The van der Waals surface area contributed by atoms with Gasteiger partial charge < -0.3 is 9.84 Å². The third kappa shape index (κ3) is 2.61. The van der Waals surface area contributed by atoms with Crippen LogP contribution < -0.4 is 5.32 Å². The Morgan fingerprint density at radius 1 is 1.28 bits per heavy atom. The lowest BCUT2D eigenvalue weighted by atomic mass is 10.1. The fraction of sp³-hybridized carbons (Fsp3) is 0.231. The van der Waals surface area contributed by atoms with Gasteiger partial charge in [-0.1, -0.05) is 11.2 Å². The van der Waals surface area contributed by atoms with Gasteiger partial charge in [-0.05, 0) is 53.9 Å². The number of amides is 1. The van der Waals surface area contributed by atoms with Crippen LogP contribution >= 0.6 is 15.9 Å². The number of rotatable bonds is 2. The molecule has 0 fully saturated rings. The molecule has 4 nitrogen and oxygen atoms in total. The standard InChI is InChI=1S/C13H13BrN2O2/c1-7-4-8(2)12(10(14)5-7)15-13(17)11-6-9(3)16-18-11/h4-6H,1-3H3,(H,15,17). The van der Waals surface area contributed by atoms with Gasteiger partial charge >= 0.3 is 0 Å². The molecule has 0 aliphatic heterocycles. The van der Waals surface area contributed by atoms with E-state index in [2.05, 4.69) is 26.4 Å². The quantitative estimate of drug-likeness (QED) is 0.922. The van der Waals surface area contributed by atoms with E-state index in [4.69, 9.17) is 4.52 Å². The Balaban J connectivity index is 2.27. The van der Waals surface area contributed by atoms with Crippen LogP contribution in [0.3, 0.4) is 0 Å². The molecule has 2 rings (SSSR count). The first-order valence-electron chi connectivity index (χ1n) is 5.49. The van der Waals surface area contributed by atoms with Gasteiger partial charge in [0.1, 0.15) is 0 Å². The predicted octanol–water partition coefficient (Wildman–Crippen LogP) is 3.61. The Bertz CT molecular complexity index is 582. The monoisotopic (exact) mass is 308 g/mol. The largest absolute Gasteiger partial charge is 0.351 e. The topological polar surface area (TPSA) is 55.1 Å². The second-order valence-electron chi connectivity index (χ2n) is 4.23. The van der Waals surface area contributed by atoms with Crippen molar-refractivity contribution in [1.29, 1.82) is 0 Å². The summed E-state index contributed by atoms with van der Waals surface area (Å²) in [7, 11) is 0. The normalized spacial score (nSPS) is 10.4. The fourth-order valence-corrected chi connectivity index (χ4v) is 2.49. The van der Waals surface area contributed by atoms with Gasteiger partial charge in [-0.15, -0.1) is 0 Å². The van der Waals surface area contributed by atoms with Gasteiger partial charge in [0, 0.05) is 10.5 Å². The molecule has 18 heavy (non-hydrogen) atoms. The number of carbonyl (C=O) groups is 1. The van der Waals surface area contributed by atoms with E-state index >= 15 is 0 Å². The molecule has 0 bridgehead atoms. The van der Waals surface area contributed by atoms with Crippen LogP contribution in [0.15, 0.2) is 27.2 Å². The summed E-state index contributed by atoms with van der Waals surface area (Å²) in [6.45, 7) is 5.72. The lowest BCUT2D eigenvalue weighted by Gasteiger charge is -2.10. The first-order chi connectivity index (χ1) is 8.47. The van der Waals surface area contributed by atoms with Crippen molar-refractivity contribution in [3.8, 4) is 0 Å². The summed E-state index contributed by atoms with van der Waals surface area (Å²) < 4.78 is 5.78. The maximum absolute atomic E-state index is 12.0. The van der Waals surface area contributed by atoms with Crippen LogP contribution in [0, 0.1) is 20.8 Å². The Labute approximate surface area is 113 Å². The van der Waals surface area contributed by atoms with E-state index < -0.39 is 0 Å². The fourth-order valence-electron chi connectivity index (χ4n) is 1.72. The zero-order valence-electron chi connectivity index (χ0n) is 10.4. The SMILES string of the molecule is Cc1cc(C)c(NC(=O)c2cc(C)no2)c(Br)c1. The summed E-state index contributed by atoms with van der Waals surface area (Å²) in [6.07, 6.45) is 0. The molecule has 0 atom stereocenters. The maximum Gasteiger partial charge on any atom is 0.294 e. The van der Waals surface area contributed by atoms with Crippen molar-refractivity contribution in [2.24, 2.45) is 0 Å². The molecule has 0 saturated carbocycles. The van der Waals surface area contributed by atoms with Crippen molar-refractivity contribution in [1.82, 2.24) is 5.16 Å². The number of benzene rings is 1. The highest BCUT2D eigenvalue weighted by atomic mass is 79.9. The molecule has 0 spiro atoms. The molecule has 0 unspecified atom stereocenters. The Kier molecular flexibility index (Phi) is 3.52. The minimum absolute atomic E-state index is 0.208. The number of hydrogen-bond acceptors (Lipinski definition) is 3. The minimum atomic E-state index is -0.303. The highest BCUT2D eigenvalue weighted by Crippen LogP contribution is 2.28. The number of aryl methyl sites for hydroxylation is 3. The van der Waals surface area contributed by atoms with Crippen molar-refractivity contribution in [2.75, 3.05) is 5.32 Å². The summed E-state index contributed by atoms with van der Waals surface area (Å²) in [5.74, 6) is -0.0948. The summed E-state index contributed by atoms with van der Waals surface area (Å²) in [5.41, 5.74) is 3.55.